The van der Waals surface area contributed by atoms with E-state index in [1.165, 1.54) is 64.9 Å². The highest BCUT2D eigenvalue weighted by molar-refractivity contribution is 5.88. The average molecular weight is 309 g/mol. The molecule has 1 saturated carbocycles. The van der Waals surface area contributed by atoms with Crippen molar-refractivity contribution in [2.75, 3.05) is 7.11 Å². The molecule has 0 radical (unpaired) electrons. The van der Waals surface area contributed by atoms with Gasteiger partial charge < -0.3 is 9.64 Å². The molecule has 0 aromatic heterocycles. The first-order chi connectivity index (χ1) is 10.7. The SMILES string of the molecule is COC(=O)C1CCC(=O)N1C1CCCCCCCCCCC1. The first-order valence-electron chi connectivity index (χ1n) is 9.13. The molecule has 1 aliphatic heterocycles. The number of ether oxygens (including phenoxy) is 1. The summed E-state index contributed by atoms with van der Waals surface area (Å²) in [6.45, 7) is 0. The summed E-state index contributed by atoms with van der Waals surface area (Å²) in [7, 11) is 1.42. The number of esters is 1. The van der Waals surface area contributed by atoms with Gasteiger partial charge in [-0.3, -0.25) is 4.79 Å². The van der Waals surface area contributed by atoms with Crippen LogP contribution in [-0.2, 0) is 14.3 Å². The Morgan fingerprint density at radius 3 is 1.91 bits per heavy atom. The second kappa shape index (κ2) is 9.16. The van der Waals surface area contributed by atoms with Crippen molar-refractivity contribution in [1.29, 1.82) is 0 Å². The highest BCUT2D eigenvalue weighted by Crippen LogP contribution is 2.28. The molecular formula is C18H31NO3. The third-order valence-electron chi connectivity index (χ3n) is 5.20. The summed E-state index contributed by atoms with van der Waals surface area (Å²) < 4.78 is 4.91. The number of rotatable bonds is 2. The predicted octanol–water partition coefficient (Wildman–Crippen LogP) is 3.82. The molecule has 2 rings (SSSR count). The number of methoxy groups -OCH3 is 1. The van der Waals surface area contributed by atoms with Crippen LogP contribution in [0.25, 0.3) is 0 Å². The zero-order valence-corrected chi connectivity index (χ0v) is 14.0. The van der Waals surface area contributed by atoms with Gasteiger partial charge in [0.1, 0.15) is 6.04 Å². The molecule has 2 aliphatic rings. The maximum atomic E-state index is 12.3. The minimum atomic E-state index is -0.338. The third-order valence-corrected chi connectivity index (χ3v) is 5.20. The van der Waals surface area contributed by atoms with Crippen molar-refractivity contribution in [3.8, 4) is 0 Å². The van der Waals surface area contributed by atoms with Crippen molar-refractivity contribution in [2.24, 2.45) is 0 Å². The number of amides is 1. The second-order valence-electron chi connectivity index (χ2n) is 6.79. The molecule has 2 fully saturated rings. The molecule has 126 valence electrons. The molecule has 0 bridgehead atoms. The quantitative estimate of drug-likeness (QED) is 0.728. The van der Waals surface area contributed by atoms with E-state index in [1.54, 1.807) is 0 Å². The summed E-state index contributed by atoms with van der Waals surface area (Å²) in [4.78, 5) is 26.1. The Labute approximate surface area is 134 Å². The maximum Gasteiger partial charge on any atom is 0.328 e. The van der Waals surface area contributed by atoms with Gasteiger partial charge in [0.05, 0.1) is 7.11 Å². The van der Waals surface area contributed by atoms with Gasteiger partial charge >= 0.3 is 5.97 Å². The van der Waals surface area contributed by atoms with Crippen LogP contribution in [0.5, 0.6) is 0 Å². The lowest BCUT2D eigenvalue weighted by molar-refractivity contribution is -0.151. The molecule has 1 amide bonds. The second-order valence-corrected chi connectivity index (χ2v) is 6.79. The van der Waals surface area contributed by atoms with Gasteiger partial charge in [-0.2, -0.15) is 0 Å². The van der Waals surface area contributed by atoms with Crippen LogP contribution in [0.1, 0.15) is 83.5 Å². The molecule has 0 aromatic rings. The lowest BCUT2D eigenvalue weighted by Crippen LogP contribution is -2.46. The van der Waals surface area contributed by atoms with Crippen LogP contribution in [0.15, 0.2) is 0 Å². The van der Waals surface area contributed by atoms with E-state index >= 15 is 0 Å². The van der Waals surface area contributed by atoms with Gasteiger partial charge in [-0.15, -0.1) is 0 Å². The Morgan fingerprint density at radius 2 is 1.41 bits per heavy atom. The molecule has 1 heterocycles. The molecule has 1 saturated heterocycles. The van der Waals surface area contributed by atoms with Gasteiger partial charge in [0.2, 0.25) is 5.91 Å². The third kappa shape index (κ3) is 4.72. The van der Waals surface area contributed by atoms with Gasteiger partial charge in [-0.05, 0) is 19.3 Å². The van der Waals surface area contributed by atoms with Crippen molar-refractivity contribution >= 4 is 11.9 Å². The largest absolute Gasteiger partial charge is 0.467 e. The van der Waals surface area contributed by atoms with Crippen molar-refractivity contribution in [1.82, 2.24) is 4.90 Å². The Balaban J connectivity index is 2.00. The predicted molar refractivity (Wildman–Crippen MR) is 86.5 cm³/mol. The van der Waals surface area contributed by atoms with Gasteiger partial charge in [-0.1, -0.05) is 57.8 Å². The summed E-state index contributed by atoms with van der Waals surface area (Å²) in [6.07, 6.45) is 14.7. The van der Waals surface area contributed by atoms with E-state index in [4.69, 9.17) is 4.74 Å². The minimum Gasteiger partial charge on any atom is -0.467 e. The molecular weight excluding hydrogens is 278 g/mol. The van der Waals surface area contributed by atoms with Crippen LogP contribution in [0.2, 0.25) is 0 Å². The number of likely N-dealkylation sites (tertiary alicyclic amines) is 1. The summed E-state index contributed by atoms with van der Waals surface area (Å²) in [5.74, 6) is -0.0931. The molecule has 1 atom stereocenters. The van der Waals surface area contributed by atoms with E-state index in [1.807, 2.05) is 4.90 Å². The number of carbonyl (C=O) groups excluding carboxylic acids is 2. The Bertz CT molecular complexity index is 357. The Kier molecular flexibility index (Phi) is 7.20. The molecule has 1 unspecified atom stereocenters. The topological polar surface area (TPSA) is 46.6 Å². The lowest BCUT2D eigenvalue weighted by atomic mass is 9.96. The fourth-order valence-electron chi connectivity index (χ4n) is 3.95. The number of hydrogen-bond acceptors (Lipinski definition) is 3. The van der Waals surface area contributed by atoms with E-state index in [2.05, 4.69) is 0 Å². The van der Waals surface area contributed by atoms with Crippen LogP contribution in [0.3, 0.4) is 0 Å². The molecule has 0 N–H and O–H groups in total. The van der Waals surface area contributed by atoms with E-state index in [0.717, 1.165) is 12.8 Å². The van der Waals surface area contributed by atoms with Crippen LogP contribution in [-0.4, -0.2) is 36.0 Å². The molecule has 0 spiro atoms. The zero-order valence-electron chi connectivity index (χ0n) is 14.0. The van der Waals surface area contributed by atoms with Gasteiger partial charge in [-0.25, -0.2) is 4.79 Å². The van der Waals surface area contributed by atoms with Crippen LogP contribution < -0.4 is 0 Å². The number of carbonyl (C=O) groups is 2. The van der Waals surface area contributed by atoms with Gasteiger partial charge in [0.15, 0.2) is 0 Å². The Morgan fingerprint density at radius 1 is 0.909 bits per heavy atom. The number of hydrogen-bond donors (Lipinski definition) is 0. The first-order valence-corrected chi connectivity index (χ1v) is 9.13. The number of nitrogens with zero attached hydrogens (tertiary/aromatic N) is 1. The van der Waals surface area contributed by atoms with Crippen LogP contribution in [0, 0.1) is 0 Å². The molecule has 0 aromatic carbocycles. The Hall–Kier alpha value is -1.06. The standard InChI is InChI=1S/C18H31NO3/c1-22-18(21)16-13-14-17(20)19(16)15-11-9-7-5-3-2-4-6-8-10-12-15/h15-16H,2-14H2,1H3. The van der Waals surface area contributed by atoms with E-state index in [9.17, 15) is 9.59 Å². The van der Waals surface area contributed by atoms with E-state index in [0.29, 0.717) is 12.8 Å². The fraction of sp³-hybridized carbons (Fsp3) is 0.889. The van der Waals surface area contributed by atoms with Gasteiger partial charge in [0.25, 0.3) is 0 Å². The summed E-state index contributed by atoms with van der Waals surface area (Å²) in [6, 6.07) is -0.103. The maximum absolute atomic E-state index is 12.3. The molecule has 22 heavy (non-hydrogen) atoms. The lowest BCUT2D eigenvalue weighted by Gasteiger charge is -2.32. The smallest absolute Gasteiger partial charge is 0.328 e. The van der Waals surface area contributed by atoms with E-state index in [-0.39, 0.29) is 24.0 Å². The van der Waals surface area contributed by atoms with Crippen molar-refractivity contribution in [2.45, 2.75) is 95.6 Å². The van der Waals surface area contributed by atoms with Crippen molar-refractivity contribution in [3.63, 3.8) is 0 Å². The summed E-state index contributed by atoms with van der Waals surface area (Å²) in [5.41, 5.74) is 0. The fourth-order valence-corrected chi connectivity index (χ4v) is 3.95. The van der Waals surface area contributed by atoms with Crippen molar-refractivity contribution < 1.29 is 14.3 Å². The monoisotopic (exact) mass is 309 g/mol. The molecule has 4 heteroatoms. The highest BCUT2D eigenvalue weighted by atomic mass is 16.5. The van der Waals surface area contributed by atoms with Crippen LogP contribution in [0.4, 0.5) is 0 Å². The van der Waals surface area contributed by atoms with Crippen LogP contribution >= 0.6 is 0 Å². The highest BCUT2D eigenvalue weighted by Gasteiger charge is 2.40. The average Bonchev–Trinajstić information content (AvgIpc) is 2.89. The summed E-state index contributed by atoms with van der Waals surface area (Å²) in [5, 5.41) is 0. The summed E-state index contributed by atoms with van der Waals surface area (Å²) >= 11 is 0. The first kappa shape index (κ1) is 17.3. The minimum absolute atomic E-state index is 0.146. The zero-order chi connectivity index (χ0) is 15.8. The van der Waals surface area contributed by atoms with E-state index < -0.39 is 0 Å². The van der Waals surface area contributed by atoms with Gasteiger partial charge in [0, 0.05) is 12.5 Å². The molecule has 4 nitrogen and oxygen atoms in total. The van der Waals surface area contributed by atoms with Crippen molar-refractivity contribution in [3.05, 3.63) is 0 Å². The normalized spacial score (nSPS) is 26.3. The molecule has 1 aliphatic carbocycles.